The van der Waals surface area contributed by atoms with Crippen LogP contribution >= 0.6 is 0 Å². The van der Waals surface area contributed by atoms with Crippen LogP contribution in [0.3, 0.4) is 0 Å². The van der Waals surface area contributed by atoms with Gasteiger partial charge in [-0.15, -0.1) is 0 Å². The van der Waals surface area contributed by atoms with Gasteiger partial charge in [-0.2, -0.15) is 0 Å². The molecule has 1 spiro atoms. The molecular weight excluding hydrogens is 250 g/mol. The number of para-hydroxylation sites is 1. The second-order valence-electron chi connectivity index (χ2n) is 5.85. The molecule has 2 aliphatic heterocycles. The number of nitrogens with one attached hydrogen (secondary N) is 1. The first-order chi connectivity index (χ1) is 9.70. The largest absolute Gasteiger partial charge is 0.371 e. The zero-order chi connectivity index (χ0) is 14.2. The van der Waals surface area contributed by atoms with Crippen LogP contribution in [0.5, 0.6) is 0 Å². The van der Waals surface area contributed by atoms with E-state index in [9.17, 15) is 4.79 Å². The smallest absolute Gasteiger partial charge is 0.317 e. The normalized spacial score (nSPS) is 20.1. The number of rotatable bonds is 1. The van der Waals surface area contributed by atoms with Gasteiger partial charge in [-0.3, -0.25) is 0 Å². The number of nitrogens with zero attached hydrogens (tertiary/aromatic N) is 2. The molecule has 2 amide bonds. The summed E-state index contributed by atoms with van der Waals surface area (Å²) in [7, 11) is 1.70. The third kappa shape index (κ3) is 1.94. The zero-order valence-electron chi connectivity index (χ0n) is 12.4. The fourth-order valence-electron chi connectivity index (χ4n) is 3.74. The molecule has 2 heterocycles. The van der Waals surface area contributed by atoms with Crippen LogP contribution in [0.2, 0.25) is 0 Å². The van der Waals surface area contributed by atoms with E-state index in [1.165, 1.54) is 11.3 Å². The van der Waals surface area contributed by atoms with Crippen molar-refractivity contribution in [1.29, 1.82) is 0 Å². The number of anilines is 1. The summed E-state index contributed by atoms with van der Waals surface area (Å²) in [6, 6.07) is 8.84. The topological polar surface area (TPSA) is 35.6 Å². The highest BCUT2D eigenvalue weighted by Crippen LogP contribution is 2.46. The molecule has 20 heavy (non-hydrogen) atoms. The van der Waals surface area contributed by atoms with Gasteiger partial charge in [0, 0.05) is 44.3 Å². The van der Waals surface area contributed by atoms with Gasteiger partial charge in [0.1, 0.15) is 0 Å². The number of hydrogen-bond acceptors (Lipinski definition) is 2. The third-order valence-corrected chi connectivity index (χ3v) is 4.91. The van der Waals surface area contributed by atoms with Crippen molar-refractivity contribution in [2.24, 2.45) is 0 Å². The van der Waals surface area contributed by atoms with E-state index in [0.29, 0.717) is 0 Å². The summed E-state index contributed by atoms with van der Waals surface area (Å²) in [5.41, 5.74) is 3.12. The summed E-state index contributed by atoms with van der Waals surface area (Å²) in [6.07, 6.45) is 2.13. The van der Waals surface area contributed by atoms with Gasteiger partial charge in [-0.05, 0) is 31.4 Å². The van der Waals surface area contributed by atoms with Crippen molar-refractivity contribution >= 4 is 11.7 Å². The van der Waals surface area contributed by atoms with E-state index in [0.717, 1.165) is 39.0 Å². The van der Waals surface area contributed by atoms with Crippen molar-refractivity contribution in [1.82, 2.24) is 10.2 Å². The highest BCUT2D eigenvalue weighted by atomic mass is 16.2. The van der Waals surface area contributed by atoms with Gasteiger partial charge < -0.3 is 15.1 Å². The Labute approximate surface area is 120 Å². The molecule has 0 atom stereocenters. The van der Waals surface area contributed by atoms with Crippen LogP contribution in [-0.2, 0) is 5.41 Å². The highest BCUT2D eigenvalue weighted by molar-refractivity contribution is 5.74. The van der Waals surface area contributed by atoms with Gasteiger partial charge >= 0.3 is 6.03 Å². The Morgan fingerprint density at radius 3 is 2.65 bits per heavy atom. The average molecular weight is 273 g/mol. The molecule has 2 aliphatic rings. The molecule has 108 valence electrons. The summed E-state index contributed by atoms with van der Waals surface area (Å²) in [6.45, 7) is 6.08. The number of piperidine rings is 1. The average Bonchev–Trinajstić information content (AvgIpc) is 2.82. The lowest BCUT2D eigenvalue weighted by atomic mass is 9.74. The molecule has 1 saturated heterocycles. The van der Waals surface area contributed by atoms with Crippen molar-refractivity contribution in [2.45, 2.75) is 25.2 Å². The monoisotopic (exact) mass is 273 g/mol. The maximum absolute atomic E-state index is 11.7. The summed E-state index contributed by atoms with van der Waals surface area (Å²) in [4.78, 5) is 16.2. The van der Waals surface area contributed by atoms with E-state index >= 15 is 0 Å². The highest BCUT2D eigenvalue weighted by Gasteiger charge is 2.44. The van der Waals surface area contributed by atoms with Gasteiger partial charge in [0.05, 0.1) is 0 Å². The van der Waals surface area contributed by atoms with Crippen LogP contribution in [0.4, 0.5) is 10.5 Å². The van der Waals surface area contributed by atoms with Crippen LogP contribution in [0.15, 0.2) is 24.3 Å². The number of carbonyl (C=O) groups excluding carboxylic acids is 1. The molecule has 0 aliphatic carbocycles. The van der Waals surface area contributed by atoms with Crippen LogP contribution in [0.1, 0.15) is 25.3 Å². The molecule has 4 heteroatoms. The molecule has 0 saturated carbocycles. The SMILES string of the molecule is CCN1CC2(CCN(C(=O)NC)CC2)c2ccccc21. The number of carbonyl (C=O) groups is 1. The number of likely N-dealkylation sites (tertiary alicyclic amines) is 1. The van der Waals surface area contributed by atoms with Gasteiger partial charge in [-0.25, -0.2) is 4.79 Å². The predicted molar refractivity (Wildman–Crippen MR) is 81.3 cm³/mol. The molecular formula is C16H23N3O. The first kappa shape index (κ1) is 13.3. The van der Waals surface area contributed by atoms with Crippen molar-refractivity contribution in [3.63, 3.8) is 0 Å². The molecule has 3 rings (SSSR count). The van der Waals surface area contributed by atoms with Gasteiger partial charge in [-0.1, -0.05) is 18.2 Å². The van der Waals surface area contributed by atoms with Gasteiger partial charge in [0.15, 0.2) is 0 Å². The minimum atomic E-state index is 0.0541. The lowest BCUT2D eigenvalue weighted by Gasteiger charge is -2.39. The van der Waals surface area contributed by atoms with E-state index < -0.39 is 0 Å². The molecule has 0 radical (unpaired) electrons. The molecule has 1 N–H and O–H groups in total. The van der Waals surface area contributed by atoms with Gasteiger partial charge in [0.2, 0.25) is 0 Å². The lowest BCUT2D eigenvalue weighted by molar-refractivity contribution is 0.163. The Balaban J connectivity index is 1.84. The number of likely N-dealkylation sites (N-methyl/N-ethyl adjacent to an activating group) is 1. The third-order valence-electron chi connectivity index (χ3n) is 4.91. The zero-order valence-corrected chi connectivity index (χ0v) is 12.4. The minimum Gasteiger partial charge on any atom is -0.371 e. The minimum absolute atomic E-state index is 0.0541. The Hall–Kier alpha value is -1.71. The molecule has 1 fully saturated rings. The van der Waals surface area contributed by atoms with Crippen LogP contribution in [0.25, 0.3) is 0 Å². The quantitative estimate of drug-likeness (QED) is 0.851. The van der Waals surface area contributed by atoms with Gasteiger partial charge in [0.25, 0.3) is 0 Å². The standard InChI is InChI=1S/C16H23N3O/c1-3-18-12-16(13-6-4-5-7-14(13)18)8-10-19(11-9-16)15(20)17-2/h4-7H,3,8-12H2,1-2H3,(H,17,20). The van der Waals surface area contributed by atoms with Crippen molar-refractivity contribution in [2.75, 3.05) is 38.1 Å². The van der Waals surface area contributed by atoms with Crippen LogP contribution < -0.4 is 10.2 Å². The lowest BCUT2D eigenvalue weighted by Crippen LogP contribution is -2.49. The Morgan fingerprint density at radius 2 is 2.00 bits per heavy atom. The Morgan fingerprint density at radius 1 is 1.30 bits per heavy atom. The summed E-state index contributed by atoms with van der Waals surface area (Å²) in [5, 5.41) is 2.73. The first-order valence-corrected chi connectivity index (χ1v) is 7.51. The summed E-state index contributed by atoms with van der Waals surface area (Å²) < 4.78 is 0. The number of hydrogen-bond donors (Lipinski definition) is 1. The second-order valence-corrected chi connectivity index (χ2v) is 5.85. The number of fused-ring (bicyclic) bond motifs is 2. The number of benzene rings is 1. The van der Waals surface area contributed by atoms with E-state index in [1.807, 2.05) is 4.90 Å². The summed E-state index contributed by atoms with van der Waals surface area (Å²) in [5.74, 6) is 0. The summed E-state index contributed by atoms with van der Waals surface area (Å²) >= 11 is 0. The molecule has 1 aromatic rings. The van der Waals surface area contributed by atoms with Crippen LogP contribution in [0, 0.1) is 0 Å². The van der Waals surface area contributed by atoms with Crippen molar-refractivity contribution in [3.8, 4) is 0 Å². The maximum Gasteiger partial charge on any atom is 0.317 e. The molecule has 0 bridgehead atoms. The van der Waals surface area contributed by atoms with E-state index in [4.69, 9.17) is 0 Å². The Kier molecular flexibility index (Phi) is 3.32. The van der Waals surface area contributed by atoms with Crippen LogP contribution in [-0.4, -0.2) is 44.2 Å². The van der Waals surface area contributed by atoms with E-state index in [2.05, 4.69) is 41.4 Å². The Bertz CT molecular complexity index is 506. The number of urea groups is 1. The van der Waals surface area contributed by atoms with Crippen molar-refractivity contribution in [3.05, 3.63) is 29.8 Å². The molecule has 0 aromatic heterocycles. The fourth-order valence-corrected chi connectivity index (χ4v) is 3.74. The number of amides is 2. The van der Waals surface area contributed by atoms with E-state index in [1.54, 1.807) is 7.05 Å². The molecule has 1 aromatic carbocycles. The van der Waals surface area contributed by atoms with E-state index in [-0.39, 0.29) is 11.4 Å². The predicted octanol–water partition coefficient (Wildman–Crippen LogP) is 2.20. The van der Waals surface area contributed by atoms with Crippen molar-refractivity contribution < 1.29 is 4.79 Å². The fraction of sp³-hybridized carbons (Fsp3) is 0.562. The molecule has 0 unspecified atom stereocenters. The maximum atomic E-state index is 11.7. The second kappa shape index (κ2) is 5.00. The molecule has 4 nitrogen and oxygen atoms in total. The first-order valence-electron chi connectivity index (χ1n) is 7.51.